The molecule has 0 bridgehead atoms. The fraction of sp³-hybridized carbons (Fsp3) is 0.769. The van der Waals surface area contributed by atoms with E-state index in [0.717, 1.165) is 43.5 Å². The maximum absolute atomic E-state index is 5.68. The van der Waals surface area contributed by atoms with Crippen molar-refractivity contribution in [1.29, 1.82) is 0 Å². The molecule has 1 saturated heterocycles. The van der Waals surface area contributed by atoms with E-state index in [-0.39, 0.29) is 6.10 Å². The summed E-state index contributed by atoms with van der Waals surface area (Å²) in [5.74, 6) is 2.60. The quantitative estimate of drug-likeness (QED) is 0.790. The van der Waals surface area contributed by atoms with Gasteiger partial charge in [-0.25, -0.2) is 4.98 Å². The maximum Gasteiger partial charge on any atom is 0.135 e. The Balaban J connectivity index is 1.86. The molecule has 2 aliphatic rings. The Morgan fingerprint density at radius 1 is 1.25 bits per heavy atom. The Morgan fingerprint density at radius 3 is 2.81 bits per heavy atom. The van der Waals surface area contributed by atoms with Crippen LogP contribution in [-0.2, 0) is 17.6 Å². The molecule has 3 unspecified atom stereocenters. The van der Waals surface area contributed by atoms with E-state index in [1.807, 2.05) is 0 Å². The minimum Gasteiger partial charge on any atom is -0.370 e. The van der Waals surface area contributed by atoms with Gasteiger partial charge in [-0.15, -0.1) is 0 Å². The third-order valence-corrected chi connectivity index (χ3v) is 4.13. The fourth-order valence-corrected chi connectivity index (χ4v) is 2.78. The lowest BCUT2D eigenvalue weighted by molar-refractivity contribution is 0.105. The van der Waals surface area contributed by atoms with Crippen LogP contribution in [0.15, 0.2) is 0 Å². The van der Waals surface area contributed by atoms with E-state index in [1.54, 1.807) is 0 Å². The number of fused-ring (bicyclic) bond motifs is 1. The topological polar surface area (TPSA) is 37.9 Å². The Labute approximate surface area is 96.6 Å². The molecule has 1 aromatic heterocycles. The van der Waals surface area contributed by atoms with E-state index < -0.39 is 0 Å². The lowest BCUT2D eigenvalue weighted by Crippen LogP contribution is -2.20. The number of nitrogens with zero attached hydrogens (tertiary/aromatic N) is 1. The summed E-state index contributed by atoms with van der Waals surface area (Å²) in [4.78, 5) is 8.23. The summed E-state index contributed by atoms with van der Waals surface area (Å²) in [5, 5.41) is 0. The zero-order chi connectivity index (χ0) is 11.1. The number of aromatic nitrogens is 2. The molecule has 3 rings (SSSR count). The second-order valence-electron chi connectivity index (χ2n) is 5.41. The van der Waals surface area contributed by atoms with Gasteiger partial charge in [0.25, 0.3) is 0 Å². The van der Waals surface area contributed by atoms with Crippen LogP contribution in [0.1, 0.15) is 50.0 Å². The molecule has 0 aromatic carbocycles. The first-order chi connectivity index (χ1) is 7.74. The van der Waals surface area contributed by atoms with Gasteiger partial charge in [0.15, 0.2) is 0 Å². The van der Waals surface area contributed by atoms with Crippen molar-refractivity contribution < 1.29 is 4.74 Å². The van der Waals surface area contributed by atoms with Crippen LogP contribution in [0.4, 0.5) is 0 Å². The minimum atomic E-state index is 0.233. The van der Waals surface area contributed by atoms with Gasteiger partial charge in [-0.05, 0) is 37.5 Å². The average Bonchev–Trinajstić information content (AvgIpc) is 2.86. The molecule has 16 heavy (non-hydrogen) atoms. The SMILES string of the molecule is CC1Cc2nc(C3CCCO3)[nH]c2CC1C. The van der Waals surface area contributed by atoms with Crippen molar-refractivity contribution >= 4 is 0 Å². The van der Waals surface area contributed by atoms with Crippen molar-refractivity contribution in [2.24, 2.45) is 11.8 Å². The summed E-state index contributed by atoms with van der Waals surface area (Å²) < 4.78 is 5.68. The van der Waals surface area contributed by atoms with Gasteiger partial charge in [0, 0.05) is 12.3 Å². The van der Waals surface area contributed by atoms with E-state index >= 15 is 0 Å². The molecule has 1 aromatic rings. The fourth-order valence-electron chi connectivity index (χ4n) is 2.78. The number of ether oxygens (including phenoxy) is 1. The highest BCUT2D eigenvalue weighted by Gasteiger charge is 2.28. The first kappa shape index (κ1) is 10.3. The number of nitrogens with one attached hydrogen (secondary N) is 1. The lowest BCUT2D eigenvalue weighted by atomic mass is 9.82. The molecule has 0 radical (unpaired) electrons. The molecular formula is C13H20N2O. The number of aromatic amines is 1. The van der Waals surface area contributed by atoms with Gasteiger partial charge in [0.05, 0.1) is 5.69 Å². The molecule has 1 fully saturated rings. The van der Waals surface area contributed by atoms with Crippen LogP contribution < -0.4 is 0 Å². The maximum atomic E-state index is 5.68. The molecule has 0 saturated carbocycles. The molecule has 1 aliphatic carbocycles. The number of imidazole rings is 1. The van der Waals surface area contributed by atoms with Crippen LogP contribution in [0, 0.1) is 11.8 Å². The van der Waals surface area contributed by atoms with Crippen LogP contribution in [0.2, 0.25) is 0 Å². The van der Waals surface area contributed by atoms with Crippen LogP contribution in [-0.4, -0.2) is 16.6 Å². The molecule has 1 N–H and O–H groups in total. The van der Waals surface area contributed by atoms with Gasteiger partial charge < -0.3 is 9.72 Å². The predicted molar refractivity (Wildman–Crippen MR) is 62.3 cm³/mol. The van der Waals surface area contributed by atoms with Crippen molar-refractivity contribution in [2.75, 3.05) is 6.61 Å². The van der Waals surface area contributed by atoms with Crippen molar-refractivity contribution in [3.05, 3.63) is 17.2 Å². The van der Waals surface area contributed by atoms with Crippen molar-refractivity contribution in [1.82, 2.24) is 9.97 Å². The van der Waals surface area contributed by atoms with Gasteiger partial charge in [0.2, 0.25) is 0 Å². The third-order valence-electron chi connectivity index (χ3n) is 4.13. The standard InChI is InChI=1S/C13H20N2O/c1-8-6-10-11(7-9(8)2)15-13(14-10)12-4-3-5-16-12/h8-9,12H,3-7H2,1-2H3,(H,14,15). The minimum absolute atomic E-state index is 0.233. The smallest absolute Gasteiger partial charge is 0.135 e. The zero-order valence-corrected chi connectivity index (χ0v) is 10.1. The van der Waals surface area contributed by atoms with E-state index in [4.69, 9.17) is 9.72 Å². The molecule has 2 heterocycles. The van der Waals surface area contributed by atoms with E-state index in [0.29, 0.717) is 0 Å². The Morgan fingerprint density at radius 2 is 2.06 bits per heavy atom. The first-order valence-corrected chi connectivity index (χ1v) is 6.43. The van der Waals surface area contributed by atoms with Crippen molar-refractivity contribution in [3.63, 3.8) is 0 Å². The summed E-state index contributed by atoms with van der Waals surface area (Å²) in [6.07, 6.45) is 4.80. The van der Waals surface area contributed by atoms with E-state index in [1.165, 1.54) is 17.8 Å². The largest absolute Gasteiger partial charge is 0.370 e. The second-order valence-corrected chi connectivity index (χ2v) is 5.41. The summed E-state index contributed by atoms with van der Waals surface area (Å²) >= 11 is 0. The molecule has 3 nitrogen and oxygen atoms in total. The molecule has 0 amide bonds. The average molecular weight is 220 g/mol. The van der Waals surface area contributed by atoms with Crippen LogP contribution in [0.5, 0.6) is 0 Å². The monoisotopic (exact) mass is 220 g/mol. The summed E-state index contributed by atoms with van der Waals surface area (Å²) in [6, 6.07) is 0. The summed E-state index contributed by atoms with van der Waals surface area (Å²) in [5.41, 5.74) is 2.65. The number of rotatable bonds is 1. The molecular weight excluding hydrogens is 200 g/mol. The van der Waals surface area contributed by atoms with Gasteiger partial charge >= 0.3 is 0 Å². The van der Waals surface area contributed by atoms with E-state index in [2.05, 4.69) is 18.8 Å². The highest BCUT2D eigenvalue weighted by atomic mass is 16.5. The molecule has 3 atom stereocenters. The lowest BCUT2D eigenvalue weighted by Gasteiger charge is -2.24. The Bertz CT molecular complexity index is 352. The van der Waals surface area contributed by atoms with Crippen molar-refractivity contribution in [3.8, 4) is 0 Å². The molecule has 1 aliphatic heterocycles. The Hall–Kier alpha value is -0.830. The molecule has 3 heteroatoms. The highest BCUT2D eigenvalue weighted by molar-refractivity contribution is 5.20. The second kappa shape index (κ2) is 3.88. The van der Waals surface area contributed by atoms with Gasteiger partial charge in [-0.2, -0.15) is 0 Å². The predicted octanol–water partition coefficient (Wildman–Crippen LogP) is 2.63. The van der Waals surface area contributed by atoms with Crippen LogP contribution >= 0.6 is 0 Å². The van der Waals surface area contributed by atoms with E-state index in [9.17, 15) is 0 Å². The highest BCUT2D eigenvalue weighted by Crippen LogP contribution is 2.32. The Kier molecular flexibility index (Phi) is 2.51. The molecule has 0 spiro atoms. The van der Waals surface area contributed by atoms with Gasteiger partial charge in [-0.3, -0.25) is 0 Å². The summed E-state index contributed by atoms with van der Waals surface area (Å²) in [6.45, 7) is 5.55. The summed E-state index contributed by atoms with van der Waals surface area (Å²) in [7, 11) is 0. The van der Waals surface area contributed by atoms with Gasteiger partial charge in [-0.1, -0.05) is 13.8 Å². The third kappa shape index (κ3) is 1.67. The normalized spacial score (nSPS) is 34.0. The number of H-pyrrole nitrogens is 1. The number of hydrogen-bond donors (Lipinski definition) is 1. The molecule has 88 valence electrons. The first-order valence-electron chi connectivity index (χ1n) is 6.43. The zero-order valence-electron chi connectivity index (χ0n) is 10.1. The van der Waals surface area contributed by atoms with Crippen LogP contribution in [0.25, 0.3) is 0 Å². The van der Waals surface area contributed by atoms with Crippen molar-refractivity contribution in [2.45, 2.75) is 45.6 Å². The van der Waals surface area contributed by atoms with Crippen LogP contribution in [0.3, 0.4) is 0 Å². The van der Waals surface area contributed by atoms with Gasteiger partial charge in [0.1, 0.15) is 11.9 Å². The number of hydrogen-bond acceptors (Lipinski definition) is 2.